The van der Waals surface area contributed by atoms with Crippen molar-refractivity contribution in [3.05, 3.63) is 35.4 Å². The Morgan fingerprint density at radius 3 is 2.58 bits per heavy atom. The molecule has 1 saturated heterocycles. The zero-order valence-electron chi connectivity index (χ0n) is 15.0. The van der Waals surface area contributed by atoms with Crippen LogP contribution in [0.15, 0.2) is 23.2 Å². The van der Waals surface area contributed by atoms with Gasteiger partial charge in [0.15, 0.2) is 15.8 Å². The minimum atomic E-state index is -3.28. The van der Waals surface area contributed by atoms with Gasteiger partial charge in [-0.1, -0.05) is 0 Å². The predicted octanol–water partition coefficient (Wildman–Crippen LogP) is 1.27. The Morgan fingerprint density at radius 1 is 1.27 bits per heavy atom. The van der Waals surface area contributed by atoms with Gasteiger partial charge < -0.3 is 15.4 Å². The summed E-state index contributed by atoms with van der Waals surface area (Å²) in [4.78, 5) is 4.06. The molecule has 1 aliphatic heterocycles. The lowest BCUT2D eigenvalue weighted by molar-refractivity contribution is 0.0756. The number of benzene rings is 1. The summed E-state index contributed by atoms with van der Waals surface area (Å²) in [5, 5.41) is 6.03. The molecule has 1 aliphatic rings. The maximum absolute atomic E-state index is 13.6. The Morgan fingerprint density at radius 2 is 1.96 bits per heavy atom. The molecule has 1 fully saturated rings. The van der Waals surface area contributed by atoms with Gasteiger partial charge in [-0.05, 0) is 43.0 Å². The zero-order chi connectivity index (χ0) is 19.2. The Bertz CT molecular complexity index is 748. The first-order valence-electron chi connectivity index (χ1n) is 8.43. The van der Waals surface area contributed by atoms with E-state index in [-0.39, 0.29) is 18.5 Å². The minimum Gasteiger partial charge on any atom is -0.381 e. The second-order valence-corrected chi connectivity index (χ2v) is 8.82. The molecule has 9 heteroatoms. The van der Waals surface area contributed by atoms with Crippen LogP contribution in [0.4, 0.5) is 8.78 Å². The number of nitrogens with zero attached hydrogens (tertiary/aromatic N) is 1. The van der Waals surface area contributed by atoms with Crippen molar-refractivity contribution in [2.75, 3.05) is 39.6 Å². The van der Waals surface area contributed by atoms with E-state index < -0.39 is 26.2 Å². The van der Waals surface area contributed by atoms with Crippen LogP contribution < -0.4 is 10.6 Å². The van der Waals surface area contributed by atoms with Crippen molar-refractivity contribution in [3.63, 3.8) is 0 Å². The average molecular weight is 389 g/mol. The molecular formula is C17H25F2N3O3S. The van der Waals surface area contributed by atoms with Gasteiger partial charge in [0.1, 0.15) is 11.6 Å². The summed E-state index contributed by atoms with van der Waals surface area (Å²) in [7, 11) is -1.72. The van der Waals surface area contributed by atoms with E-state index in [0.717, 1.165) is 18.2 Å². The molecule has 0 spiro atoms. The van der Waals surface area contributed by atoms with Crippen molar-refractivity contribution in [2.45, 2.75) is 24.0 Å². The predicted molar refractivity (Wildman–Crippen MR) is 97.1 cm³/mol. The highest BCUT2D eigenvalue weighted by Gasteiger charge is 2.42. The van der Waals surface area contributed by atoms with Gasteiger partial charge in [-0.25, -0.2) is 17.2 Å². The maximum atomic E-state index is 13.6. The van der Waals surface area contributed by atoms with E-state index in [1.165, 1.54) is 6.26 Å². The SMILES string of the molecule is CN=C(NCCc1cc(F)ccc1F)NCC1(S(C)(=O)=O)CCOCC1. The Hall–Kier alpha value is -1.74. The third-order valence-corrected chi connectivity index (χ3v) is 6.81. The molecule has 0 bridgehead atoms. The van der Waals surface area contributed by atoms with E-state index in [2.05, 4.69) is 15.6 Å². The van der Waals surface area contributed by atoms with Crippen molar-refractivity contribution >= 4 is 15.8 Å². The van der Waals surface area contributed by atoms with Gasteiger partial charge in [0, 0.05) is 39.6 Å². The van der Waals surface area contributed by atoms with E-state index >= 15 is 0 Å². The fraction of sp³-hybridized carbons (Fsp3) is 0.588. The number of sulfone groups is 1. The molecule has 0 aromatic heterocycles. The summed E-state index contributed by atoms with van der Waals surface area (Å²) >= 11 is 0. The molecule has 2 rings (SSSR count). The zero-order valence-corrected chi connectivity index (χ0v) is 15.8. The summed E-state index contributed by atoms with van der Waals surface area (Å²) in [6.07, 6.45) is 2.35. The Kier molecular flexibility index (Phi) is 6.94. The first-order chi connectivity index (χ1) is 12.3. The van der Waals surface area contributed by atoms with Crippen molar-refractivity contribution in [1.82, 2.24) is 10.6 Å². The number of aliphatic imine (C=N–C) groups is 1. The molecule has 0 radical (unpaired) electrons. The lowest BCUT2D eigenvalue weighted by Crippen LogP contribution is -2.53. The van der Waals surface area contributed by atoms with Crippen LogP contribution in [0.3, 0.4) is 0 Å². The number of hydrogen-bond donors (Lipinski definition) is 2. The van der Waals surface area contributed by atoms with Gasteiger partial charge in [-0.15, -0.1) is 0 Å². The van der Waals surface area contributed by atoms with Crippen LogP contribution in [0.1, 0.15) is 18.4 Å². The lowest BCUT2D eigenvalue weighted by atomic mass is 9.99. The largest absolute Gasteiger partial charge is 0.381 e. The van der Waals surface area contributed by atoms with E-state index in [9.17, 15) is 17.2 Å². The third-order valence-electron chi connectivity index (χ3n) is 4.69. The van der Waals surface area contributed by atoms with Gasteiger partial charge in [0.25, 0.3) is 0 Å². The topological polar surface area (TPSA) is 79.8 Å². The van der Waals surface area contributed by atoms with Crippen LogP contribution in [0.2, 0.25) is 0 Å². The maximum Gasteiger partial charge on any atom is 0.191 e. The lowest BCUT2D eigenvalue weighted by Gasteiger charge is -2.35. The molecule has 146 valence electrons. The highest BCUT2D eigenvalue weighted by atomic mass is 32.2. The molecule has 2 N–H and O–H groups in total. The van der Waals surface area contributed by atoms with E-state index in [1.54, 1.807) is 7.05 Å². The number of rotatable bonds is 6. The molecule has 1 aromatic carbocycles. The van der Waals surface area contributed by atoms with Gasteiger partial charge in [0.05, 0.1) is 4.75 Å². The van der Waals surface area contributed by atoms with Crippen LogP contribution >= 0.6 is 0 Å². The van der Waals surface area contributed by atoms with Crippen LogP contribution in [-0.2, 0) is 21.0 Å². The highest BCUT2D eigenvalue weighted by molar-refractivity contribution is 7.92. The minimum absolute atomic E-state index is 0.212. The molecule has 0 aliphatic carbocycles. The molecule has 6 nitrogen and oxygen atoms in total. The first-order valence-corrected chi connectivity index (χ1v) is 10.3. The van der Waals surface area contributed by atoms with E-state index in [1.807, 2.05) is 0 Å². The van der Waals surface area contributed by atoms with Gasteiger partial charge in [-0.3, -0.25) is 4.99 Å². The summed E-state index contributed by atoms with van der Waals surface area (Å²) < 4.78 is 55.7. The van der Waals surface area contributed by atoms with Gasteiger partial charge in [0.2, 0.25) is 0 Å². The quantitative estimate of drug-likeness (QED) is 0.566. The van der Waals surface area contributed by atoms with Crippen LogP contribution in [0, 0.1) is 11.6 Å². The summed E-state index contributed by atoms with van der Waals surface area (Å²) in [5.41, 5.74) is 0.269. The summed E-state index contributed by atoms with van der Waals surface area (Å²) in [5.74, 6) is -0.538. The average Bonchev–Trinajstić information content (AvgIpc) is 2.60. The van der Waals surface area contributed by atoms with Crippen LogP contribution in [-0.4, -0.2) is 58.7 Å². The van der Waals surface area contributed by atoms with E-state index in [4.69, 9.17) is 4.74 Å². The molecule has 1 aromatic rings. The second-order valence-electron chi connectivity index (χ2n) is 6.41. The highest BCUT2D eigenvalue weighted by Crippen LogP contribution is 2.28. The van der Waals surface area contributed by atoms with Gasteiger partial charge >= 0.3 is 0 Å². The molecule has 0 amide bonds. The third kappa shape index (κ3) is 5.14. The first kappa shape index (κ1) is 20.6. The molecule has 1 heterocycles. The van der Waals surface area contributed by atoms with Crippen LogP contribution in [0.25, 0.3) is 0 Å². The standard InChI is InChI=1S/C17H25F2N3O3S/c1-20-16(21-8-5-13-11-14(18)3-4-15(13)19)22-12-17(26(2,23)24)6-9-25-10-7-17/h3-4,11H,5-10,12H2,1-2H3,(H2,20,21,22). The van der Waals surface area contributed by atoms with Crippen molar-refractivity contribution in [1.29, 1.82) is 0 Å². The number of guanidine groups is 1. The number of nitrogens with one attached hydrogen (secondary N) is 2. The monoisotopic (exact) mass is 389 g/mol. The Labute approximate surface area is 153 Å². The van der Waals surface area contributed by atoms with Crippen LogP contribution in [0.5, 0.6) is 0 Å². The number of ether oxygens (including phenoxy) is 1. The van der Waals surface area contributed by atoms with Crippen molar-refractivity contribution < 1.29 is 21.9 Å². The second kappa shape index (κ2) is 8.77. The fourth-order valence-corrected chi connectivity index (χ4v) is 4.18. The molecular weight excluding hydrogens is 364 g/mol. The number of hydrogen-bond acceptors (Lipinski definition) is 4. The summed E-state index contributed by atoms with van der Waals surface area (Å²) in [6, 6.07) is 3.33. The molecule has 0 unspecified atom stereocenters. The Balaban J connectivity index is 1.92. The van der Waals surface area contributed by atoms with Crippen molar-refractivity contribution in [2.24, 2.45) is 4.99 Å². The molecule has 0 atom stereocenters. The summed E-state index contributed by atoms with van der Waals surface area (Å²) in [6.45, 7) is 1.34. The fourth-order valence-electron chi connectivity index (χ4n) is 2.94. The van der Waals surface area contributed by atoms with E-state index in [0.29, 0.717) is 38.6 Å². The molecule has 0 saturated carbocycles. The number of halogens is 2. The van der Waals surface area contributed by atoms with Crippen molar-refractivity contribution in [3.8, 4) is 0 Å². The smallest absolute Gasteiger partial charge is 0.191 e. The normalized spacial score (nSPS) is 17.8. The molecule has 26 heavy (non-hydrogen) atoms. The van der Waals surface area contributed by atoms with Gasteiger partial charge in [-0.2, -0.15) is 0 Å².